The van der Waals surface area contributed by atoms with Crippen LogP contribution in [0.3, 0.4) is 0 Å². The molecule has 0 spiro atoms. The summed E-state index contributed by atoms with van der Waals surface area (Å²) in [6, 6.07) is 4.29. The first kappa shape index (κ1) is 14.8. The minimum absolute atomic E-state index is 0.216. The molecule has 1 fully saturated rings. The number of aryl methyl sites for hydroxylation is 1. The summed E-state index contributed by atoms with van der Waals surface area (Å²) in [7, 11) is 0. The fraction of sp³-hybridized carbons (Fsp3) is 0.625. The molecule has 0 bridgehead atoms. The second-order valence-electron chi connectivity index (χ2n) is 6.55. The van der Waals surface area contributed by atoms with Crippen LogP contribution in [0, 0.1) is 24.2 Å². The topological polar surface area (TPSA) is 62.2 Å². The first-order chi connectivity index (χ1) is 9.32. The smallest absolute Gasteiger partial charge is 0.307 e. The second kappa shape index (κ2) is 5.43. The van der Waals surface area contributed by atoms with E-state index < -0.39 is 5.97 Å². The third-order valence-corrected chi connectivity index (χ3v) is 4.98. The summed E-state index contributed by atoms with van der Waals surface area (Å²) in [5.41, 5.74) is 0.922. The number of carboxylic acids is 1. The first-order valence-electron chi connectivity index (χ1n) is 7.24. The van der Waals surface area contributed by atoms with Crippen LogP contribution in [0.15, 0.2) is 18.3 Å². The zero-order valence-corrected chi connectivity index (χ0v) is 12.7. The van der Waals surface area contributed by atoms with Gasteiger partial charge in [0, 0.05) is 12.2 Å². The molecule has 110 valence electrons. The predicted molar refractivity (Wildman–Crippen MR) is 79.7 cm³/mol. The summed E-state index contributed by atoms with van der Waals surface area (Å²) >= 11 is 0. The number of hydrogen-bond donors (Lipinski definition) is 2. The zero-order valence-electron chi connectivity index (χ0n) is 12.7. The number of aromatic nitrogens is 1. The molecule has 1 heterocycles. The molecule has 1 aromatic heterocycles. The van der Waals surface area contributed by atoms with E-state index in [1.807, 2.05) is 25.3 Å². The molecule has 0 aliphatic heterocycles. The molecule has 1 aromatic rings. The van der Waals surface area contributed by atoms with Crippen LogP contribution in [0.5, 0.6) is 0 Å². The van der Waals surface area contributed by atoms with E-state index >= 15 is 0 Å². The molecule has 0 radical (unpaired) electrons. The maximum Gasteiger partial charge on any atom is 0.307 e. The van der Waals surface area contributed by atoms with Crippen molar-refractivity contribution >= 4 is 11.8 Å². The van der Waals surface area contributed by atoms with Crippen LogP contribution >= 0.6 is 0 Å². The van der Waals surface area contributed by atoms with Crippen molar-refractivity contribution < 1.29 is 9.90 Å². The van der Waals surface area contributed by atoms with Crippen LogP contribution in [0.25, 0.3) is 0 Å². The Kier molecular flexibility index (Phi) is 4.02. The molecule has 4 heteroatoms. The molecule has 0 saturated heterocycles. The van der Waals surface area contributed by atoms with Crippen molar-refractivity contribution in [2.45, 2.75) is 46.6 Å². The van der Waals surface area contributed by atoms with E-state index in [9.17, 15) is 9.90 Å². The van der Waals surface area contributed by atoms with Crippen LogP contribution in [0.1, 0.15) is 39.2 Å². The van der Waals surface area contributed by atoms with Crippen LogP contribution < -0.4 is 5.32 Å². The van der Waals surface area contributed by atoms with Gasteiger partial charge in [0.1, 0.15) is 5.82 Å². The van der Waals surface area contributed by atoms with E-state index in [0.29, 0.717) is 0 Å². The Bertz CT molecular complexity index is 482. The highest BCUT2D eigenvalue weighted by atomic mass is 16.4. The van der Waals surface area contributed by atoms with Crippen molar-refractivity contribution in [1.82, 2.24) is 4.98 Å². The van der Waals surface area contributed by atoms with Crippen molar-refractivity contribution in [3.05, 3.63) is 23.9 Å². The van der Waals surface area contributed by atoms with Gasteiger partial charge < -0.3 is 10.4 Å². The normalized spacial score (nSPS) is 28.9. The fourth-order valence-electron chi connectivity index (χ4n) is 3.19. The van der Waals surface area contributed by atoms with Gasteiger partial charge in [-0.25, -0.2) is 4.98 Å². The molecule has 1 saturated carbocycles. The highest BCUT2D eigenvalue weighted by molar-refractivity contribution is 5.71. The molecule has 0 amide bonds. The van der Waals surface area contributed by atoms with Gasteiger partial charge in [-0.05, 0) is 42.7 Å². The number of carboxylic acid groups (broad SMARTS) is 1. The molecule has 3 atom stereocenters. The average molecular weight is 276 g/mol. The van der Waals surface area contributed by atoms with Gasteiger partial charge in [-0.3, -0.25) is 4.79 Å². The van der Waals surface area contributed by atoms with E-state index in [4.69, 9.17) is 0 Å². The minimum Gasteiger partial charge on any atom is -0.481 e. The molecule has 3 unspecified atom stereocenters. The average Bonchev–Trinajstić information content (AvgIpc) is 2.37. The van der Waals surface area contributed by atoms with Crippen molar-refractivity contribution in [2.24, 2.45) is 17.3 Å². The number of hydrogen-bond acceptors (Lipinski definition) is 3. The lowest BCUT2D eigenvalue weighted by Gasteiger charge is -2.46. The summed E-state index contributed by atoms with van der Waals surface area (Å²) in [6.07, 6.45) is 3.44. The summed E-state index contributed by atoms with van der Waals surface area (Å²) in [6.45, 7) is 8.28. The molecule has 2 rings (SSSR count). The van der Waals surface area contributed by atoms with Gasteiger partial charge in [0.05, 0.1) is 5.92 Å². The Morgan fingerprint density at radius 1 is 1.40 bits per heavy atom. The van der Waals surface area contributed by atoms with E-state index in [0.717, 1.165) is 24.2 Å². The van der Waals surface area contributed by atoms with Crippen LogP contribution in [0.4, 0.5) is 5.82 Å². The molecule has 20 heavy (non-hydrogen) atoms. The van der Waals surface area contributed by atoms with Crippen molar-refractivity contribution in [3.8, 4) is 0 Å². The Hall–Kier alpha value is -1.58. The number of carbonyl (C=O) groups is 1. The van der Waals surface area contributed by atoms with Crippen LogP contribution in [-0.2, 0) is 4.79 Å². The van der Waals surface area contributed by atoms with Crippen molar-refractivity contribution in [3.63, 3.8) is 0 Å². The number of aliphatic carboxylic acids is 1. The maximum atomic E-state index is 11.4. The number of nitrogens with zero attached hydrogens (tertiary/aromatic N) is 1. The third-order valence-electron chi connectivity index (χ3n) is 4.98. The second-order valence-corrected chi connectivity index (χ2v) is 6.55. The number of pyridine rings is 1. The van der Waals surface area contributed by atoms with Crippen LogP contribution in [-0.4, -0.2) is 22.1 Å². The Morgan fingerprint density at radius 3 is 2.65 bits per heavy atom. The number of anilines is 1. The Morgan fingerprint density at radius 2 is 2.10 bits per heavy atom. The van der Waals surface area contributed by atoms with Gasteiger partial charge in [0.25, 0.3) is 0 Å². The lowest BCUT2D eigenvalue weighted by molar-refractivity contribution is -0.149. The van der Waals surface area contributed by atoms with Gasteiger partial charge in [-0.15, -0.1) is 0 Å². The van der Waals surface area contributed by atoms with Gasteiger partial charge in [0.15, 0.2) is 0 Å². The molecule has 2 N–H and O–H groups in total. The van der Waals surface area contributed by atoms with E-state index in [1.165, 1.54) is 0 Å². The molecular formula is C16H24N2O2. The first-order valence-corrected chi connectivity index (χ1v) is 7.24. The largest absolute Gasteiger partial charge is 0.481 e. The SMILES string of the molecule is Cc1ccc(NC2CCC(C(=O)O)C(C)(C)C2C)nc1. The Balaban J connectivity index is 2.11. The summed E-state index contributed by atoms with van der Waals surface area (Å²) in [5.74, 6) is 0.216. The monoisotopic (exact) mass is 276 g/mol. The minimum atomic E-state index is -0.672. The number of rotatable bonds is 3. The number of nitrogens with one attached hydrogen (secondary N) is 1. The lowest BCUT2D eigenvalue weighted by Crippen LogP contribution is -2.48. The highest BCUT2D eigenvalue weighted by Crippen LogP contribution is 2.45. The molecule has 4 nitrogen and oxygen atoms in total. The van der Waals surface area contributed by atoms with E-state index in [-0.39, 0.29) is 23.3 Å². The Labute approximate surface area is 120 Å². The standard InChI is InChI=1S/C16H24N2O2/c1-10-5-8-14(17-9-10)18-13-7-6-12(15(19)20)16(3,4)11(13)2/h5,8-9,11-13H,6-7H2,1-4H3,(H,17,18)(H,19,20). The van der Waals surface area contributed by atoms with Gasteiger partial charge in [-0.1, -0.05) is 26.8 Å². The third kappa shape index (κ3) is 2.79. The molecule has 1 aliphatic carbocycles. The zero-order chi connectivity index (χ0) is 14.9. The summed E-state index contributed by atoms with van der Waals surface area (Å²) in [5, 5.41) is 12.8. The molecule has 1 aliphatic rings. The summed E-state index contributed by atoms with van der Waals surface area (Å²) in [4.78, 5) is 15.8. The molecule has 0 aromatic carbocycles. The fourth-order valence-corrected chi connectivity index (χ4v) is 3.19. The predicted octanol–water partition coefficient (Wildman–Crippen LogP) is 3.33. The highest BCUT2D eigenvalue weighted by Gasteiger charge is 2.46. The maximum absolute atomic E-state index is 11.4. The quantitative estimate of drug-likeness (QED) is 0.889. The lowest BCUT2D eigenvalue weighted by atomic mass is 9.61. The summed E-state index contributed by atoms with van der Waals surface area (Å²) < 4.78 is 0. The van der Waals surface area contributed by atoms with Crippen molar-refractivity contribution in [1.29, 1.82) is 0 Å². The van der Waals surface area contributed by atoms with Gasteiger partial charge >= 0.3 is 5.97 Å². The van der Waals surface area contributed by atoms with Gasteiger partial charge in [0.2, 0.25) is 0 Å². The van der Waals surface area contributed by atoms with E-state index in [1.54, 1.807) is 0 Å². The van der Waals surface area contributed by atoms with Crippen LogP contribution in [0.2, 0.25) is 0 Å². The molecular weight excluding hydrogens is 252 g/mol. The van der Waals surface area contributed by atoms with Crippen molar-refractivity contribution in [2.75, 3.05) is 5.32 Å². The van der Waals surface area contributed by atoms with Gasteiger partial charge in [-0.2, -0.15) is 0 Å². The van der Waals surface area contributed by atoms with E-state index in [2.05, 4.69) is 31.1 Å².